The molecule has 0 aliphatic rings. The lowest BCUT2D eigenvalue weighted by Gasteiger charge is -2.06. The molecule has 1 heterocycles. The van der Waals surface area contributed by atoms with Gasteiger partial charge in [0.25, 0.3) is 0 Å². The Morgan fingerprint density at radius 2 is 2.11 bits per heavy atom. The quantitative estimate of drug-likeness (QED) is 0.758. The first kappa shape index (κ1) is 12.6. The maximum atomic E-state index is 11.1. The van der Waals surface area contributed by atoms with Gasteiger partial charge in [0.1, 0.15) is 0 Å². The van der Waals surface area contributed by atoms with E-state index in [0.717, 1.165) is 10.9 Å². The van der Waals surface area contributed by atoms with Gasteiger partial charge in [-0.1, -0.05) is 6.07 Å². The molecule has 5 heteroatoms. The van der Waals surface area contributed by atoms with Crippen LogP contribution in [0.5, 0.6) is 0 Å². The van der Waals surface area contributed by atoms with Crippen LogP contribution >= 0.6 is 0 Å². The molecule has 0 radical (unpaired) electrons. The molecule has 18 heavy (non-hydrogen) atoms. The first-order chi connectivity index (χ1) is 8.74. The van der Waals surface area contributed by atoms with Crippen LogP contribution in [0, 0.1) is 0 Å². The van der Waals surface area contributed by atoms with Crippen molar-refractivity contribution >= 4 is 16.9 Å². The highest BCUT2D eigenvalue weighted by molar-refractivity contribution is 6.02. The molecule has 1 aromatic heterocycles. The van der Waals surface area contributed by atoms with Crippen molar-refractivity contribution in [1.82, 2.24) is 4.57 Å². The normalized spacial score (nSPS) is 10.9. The summed E-state index contributed by atoms with van der Waals surface area (Å²) >= 11 is 0. The second kappa shape index (κ2) is 5.66. The fraction of sp³-hybridized carbons (Fsp3) is 0.308. The van der Waals surface area contributed by atoms with Crippen molar-refractivity contribution in [3.63, 3.8) is 0 Å². The topological polar surface area (TPSA) is 71.7 Å². The standard InChI is InChI=1S/C13H15NO4/c15-7-9-18-8-6-14-5-4-10-11(13(16)17)2-1-3-12(10)14/h1-5,15H,6-9H2,(H,16,17). The summed E-state index contributed by atoms with van der Waals surface area (Å²) in [5.41, 5.74) is 1.19. The molecule has 5 nitrogen and oxygen atoms in total. The van der Waals surface area contributed by atoms with Crippen molar-refractivity contribution in [2.45, 2.75) is 6.54 Å². The Kier molecular flexibility index (Phi) is 3.96. The largest absolute Gasteiger partial charge is 0.478 e. The molecule has 96 valence electrons. The molecule has 0 saturated carbocycles. The minimum absolute atomic E-state index is 0.00951. The average molecular weight is 249 g/mol. The number of carbonyl (C=O) groups is 1. The summed E-state index contributed by atoms with van der Waals surface area (Å²) in [5, 5.41) is 18.4. The number of aliphatic hydroxyl groups excluding tert-OH is 1. The molecule has 1 aromatic carbocycles. The molecular weight excluding hydrogens is 234 g/mol. The zero-order valence-corrected chi connectivity index (χ0v) is 9.87. The Hall–Kier alpha value is -1.85. The van der Waals surface area contributed by atoms with Crippen LogP contribution in [-0.2, 0) is 11.3 Å². The van der Waals surface area contributed by atoms with Crippen molar-refractivity contribution in [2.75, 3.05) is 19.8 Å². The van der Waals surface area contributed by atoms with Crippen LogP contribution in [0.3, 0.4) is 0 Å². The predicted octanol–water partition coefficient (Wildman–Crippen LogP) is 1.35. The van der Waals surface area contributed by atoms with E-state index in [9.17, 15) is 4.79 Å². The second-order valence-corrected chi connectivity index (χ2v) is 3.89. The number of nitrogens with zero attached hydrogens (tertiary/aromatic N) is 1. The molecule has 2 aromatic rings. The zero-order valence-electron chi connectivity index (χ0n) is 9.87. The van der Waals surface area contributed by atoms with Crippen molar-refractivity contribution in [2.24, 2.45) is 0 Å². The third kappa shape index (κ3) is 2.52. The fourth-order valence-electron chi connectivity index (χ4n) is 1.93. The molecule has 0 aliphatic carbocycles. The second-order valence-electron chi connectivity index (χ2n) is 3.89. The molecule has 0 atom stereocenters. The number of carboxylic acids is 1. The van der Waals surface area contributed by atoms with E-state index < -0.39 is 5.97 Å². The van der Waals surface area contributed by atoms with Crippen molar-refractivity contribution in [3.05, 3.63) is 36.0 Å². The molecule has 2 N–H and O–H groups in total. The Balaban J connectivity index is 2.20. The van der Waals surface area contributed by atoms with Gasteiger partial charge in [-0.3, -0.25) is 0 Å². The summed E-state index contributed by atoms with van der Waals surface area (Å²) in [6, 6.07) is 7.01. The van der Waals surface area contributed by atoms with E-state index in [-0.39, 0.29) is 6.61 Å². The number of aromatic nitrogens is 1. The number of benzene rings is 1. The highest BCUT2D eigenvalue weighted by Gasteiger charge is 2.10. The monoisotopic (exact) mass is 249 g/mol. The summed E-state index contributed by atoms with van der Waals surface area (Å²) in [5.74, 6) is -0.921. The lowest BCUT2D eigenvalue weighted by molar-refractivity contribution is 0.0699. The van der Waals surface area contributed by atoms with Gasteiger partial charge in [0.05, 0.1) is 25.4 Å². The summed E-state index contributed by atoms with van der Waals surface area (Å²) in [7, 11) is 0. The Morgan fingerprint density at radius 3 is 2.83 bits per heavy atom. The molecule has 0 amide bonds. The van der Waals surface area contributed by atoms with Crippen LogP contribution in [0.4, 0.5) is 0 Å². The highest BCUT2D eigenvalue weighted by atomic mass is 16.5. The summed E-state index contributed by atoms with van der Waals surface area (Å²) in [6.07, 6.45) is 1.85. The van der Waals surface area contributed by atoms with Crippen LogP contribution in [0.25, 0.3) is 10.9 Å². The number of ether oxygens (including phenoxy) is 1. The number of aliphatic hydroxyl groups is 1. The van der Waals surface area contributed by atoms with Crippen LogP contribution in [-0.4, -0.2) is 40.6 Å². The fourth-order valence-corrected chi connectivity index (χ4v) is 1.93. The van der Waals surface area contributed by atoms with E-state index in [1.807, 2.05) is 16.8 Å². The van der Waals surface area contributed by atoms with Gasteiger partial charge < -0.3 is 19.5 Å². The van der Waals surface area contributed by atoms with Gasteiger partial charge in [-0.15, -0.1) is 0 Å². The van der Waals surface area contributed by atoms with E-state index in [1.165, 1.54) is 0 Å². The third-order valence-electron chi connectivity index (χ3n) is 2.76. The molecule has 0 fully saturated rings. The summed E-state index contributed by atoms with van der Waals surface area (Å²) in [6.45, 7) is 1.45. The van der Waals surface area contributed by atoms with E-state index in [0.29, 0.717) is 25.3 Å². The van der Waals surface area contributed by atoms with Gasteiger partial charge in [0, 0.05) is 23.6 Å². The van der Waals surface area contributed by atoms with Crippen LogP contribution in [0.2, 0.25) is 0 Å². The van der Waals surface area contributed by atoms with Gasteiger partial charge >= 0.3 is 5.97 Å². The Bertz CT molecular complexity index is 547. The zero-order chi connectivity index (χ0) is 13.0. The van der Waals surface area contributed by atoms with Gasteiger partial charge in [-0.25, -0.2) is 4.79 Å². The highest BCUT2D eigenvalue weighted by Crippen LogP contribution is 2.20. The van der Waals surface area contributed by atoms with Crippen molar-refractivity contribution in [3.8, 4) is 0 Å². The predicted molar refractivity (Wildman–Crippen MR) is 66.8 cm³/mol. The van der Waals surface area contributed by atoms with E-state index >= 15 is 0 Å². The number of carboxylic acid groups (broad SMARTS) is 1. The first-order valence-electron chi connectivity index (χ1n) is 5.74. The Labute approximate surface area is 104 Å². The van der Waals surface area contributed by atoms with Gasteiger partial charge in [0.15, 0.2) is 0 Å². The van der Waals surface area contributed by atoms with Crippen LogP contribution < -0.4 is 0 Å². The van der Waals surface area contributed by atoms with Crippen molar-refractivity contribution in [1.29, 1.82) is 0 Å². The third-order valence-corrected chi connectivity index (χ3v) is 2.76. The summed E-state index contributed by atoms with van der Waals surface area (Å²) < 4.78 is 7.14. The molecule has 0 spiro atoms. The molecule has 0 aliphatic heterocycles. The molecule has 0 unspecified atom stereocenters. The minimum atomic E-state index is -0.921. The molecule has 2 rings (SSSR count). The average Bonchev–Trinajstić information content (AvgIpc) is 2.77. The maximum absolute atomic E-state index is 11.1. The van der Waals surface area contributed by atoms with E-state index in [2.05, 4.69) is 0 Å². The summed E-state index contributed by atoms with van der Waals surface area (Å²) in [4.78, 5) is 11.1. The van der Waals surface area contributed by atoms with Crippen molar-refractivity contribution < 1.29 is 19.7 Å². The molecule has 0 bridgehead atoms. The Morgan fingerprint density at radius 1 is 1.28 bits per heavy atom. The number of rotatable bonds is 6. The maximum Gasteiger partial charge on any atom is 0.336 e. The van der Waals surface area contributed by atoms with Gasteiger partial charge in [-0.05, 0) is 18.2 Å². The smallest absolute Gasteiger partial charge is 0.336 e. The van der Waals surface area contributed by atoms with Crippen LogP contribution in [0.1, 0.15) is 10.4 Å². The SMILES string of the molecule is O=C(O)c1cccc2c1ccn2CCOCCO. The lowest BCUT2D eigenvalue weighted by Crippen LogP contribution is -2.07. The van der Waals surface area contributed by atoms with E-state index in [4.69, 9.17) is 14.9 Å². The first-order valence-corrected chi connectivity index (χ1v) is 5.74. The van der Waals surface area contributed by atoms with Gasteiger partial charge in [0.2, 0.25) is 0 Å². The van der Waals surface area contributed by atoms with Gasteiger partial charge in [-0.2, -0.15) is 0 Å². The molecular formula is C13H15NO4. The number of hydrogen-bond donors (Lipinski definition) is 2. The number of fused-ring (bicyclic) bond motifs is 1. The molecule has 0 saturated heterocycles. The minimum Gasteiger partial charge on any atom is -0.478 e. The lowest BCUT2D eigenvalue weighted by atomic mass is 10.1. The number of aromatic carboxylic acids is 1. The van der Waals surface area contributed by atoms with E-state index in [1.54, 1.807) is 18.2 Å². The number of hydrogen-bond acceptors (Lipinski definition) is 3. The van der Waals surface area contributed by atoms with Crippen LogP contribution in [0.15, 0.2) is 30.5 Å².